The van der Waals surface area contributed by atoms with Crippen LogP contribution in [0.25, 0.3) is 0 Å². The molecule has 1 aromatic heterocycles. The van der Waals surface area contributed by atoms with Gasteiger partial charge in [0.15, 0.2) is 5.82 Å². The molecule has 3 rings (SSSR count). The fourth-order valence-electron chi connectivity index (χ4n) is 2.98. The Labute approximate surface area is 101 Å². The average Bonchev–Trinajstić information content (AvgIpc) is 2.99. The minimum absolute atomic E-state index is 0.423. The van der Waals surface area contributed by atoms with Gasteiger partial charge in [0, 0.05) is 12.6 Å². The predicted molar refractivity (Wildman–Crippen MR) is 63.4 cm³/mol. The van der Waals surface area contributed by atoms with Crippen molar-refractivity contribution in [1.29, 1.82) is 0 Å². The first kappa shape index (κ1) is 11.2. The second-order valence-electron chi connectivity index (χ2n) is 5.31. The van der Waals surface area contributed by atoms with E-state index in [0.29, 0.717) is 12.6 Å². The minimum atomic E-state index is -0.423. The van der Waals surface area contributed by atoms with Crippen LogP contribution < -0.4 is 5.73 Å². The highest BCUT2D eigenvalue weighted by molar-refractivity contribution is 5.08. The van der Waals surface area contributed by atoms with Crippen LogP contribution in [0.5, 0.6) is 0 Å². The Morgan fingerprint density at radius 2 is 2.18 bits per heavy atom. The summed E-state index contributed by atoms with van der Waals surface area (Å²) >= 11 is 0. The van der Waals surface area contributed by atoms with Crippen LogP contribution in [0.15, 0.2) is 6.33 Å². The molecule has 5 heteroatoms. The molecule has 5 nitrogen and oxygen atoms in total. The van der Waals surface area contributed by atoms with Gasteiger partial charge < -0.3 is 15.0 Å². The first-order chi connectivity index (χ1) is 8.30. The van der Waals surface area contributed by atoms with Crippen molar-refractivity contribution >= 4 is 0 Å². The fraction of sp³-hybridized carbons (Fsp3) is 0.833. The van der Waals surface area contributed by atoms with Gasteiger partial charge in [-0.05, 0) is 19.3 Å². The van der Waals surface area contributed by atoms with E-state index in [1.54, 1.807) is 0 Å². The van der Waals surface area contributed by atoms with Gasteiger partial charge in [0.25, 0.3) is 0 Å². The summed E-state index contributed by atoms with van der Waals surface area (Å²) in [5, 5.41) is 8.32. The van der Waals surface area contributed by atoms with Crippen LogP contribution in [0.1, 0.15) is 50.4 Å². The molecule has 94 valence electrons. The van der Waals surface area contributed by atoms with E-state index in [1.165, 1.54) is 32.1 Å². The Morgan fingerprint density at radius 1 is 1.35 bits per heavy atom. The second-order valence-corrected chi connectivity index (χ2v) is 5.31. The van der Waals surface area contributed by atoms with Crippen LogP contribution in [0, 0.1) is 0 Å². The molecule has 2 aliphatic rings. The molecule has 1 unspecified atom stereocenters. The molecule has 1 saturated heterocycles. The van der Waals surface area contributed by atoms with Crippen molar-refractivity contribution in [3.8, 4) is 0 Å². The number of hydrogen-bond acceptors (Lipinski definition) is 4. The van der Waals surface area contributed by atoms with Gasteiger partial charge in [-0.1, -0.05) is 19.3 Å². The zero-order valence-corrected chi connectivity index (χ0v) is 10.1. The highest BCUT2D eigenvalue weighted by Crippen LogP contribution is 2.33. The maximum atomic E-state index is 6.38. The van der Waals surface area contributed by atoms with E-state index in [9.17, 15) is 0 Å². The lowest BCUT2D eigenvalue weighted by Gasteiger charge is -2.28. The minimum Gasteiger partial charge on any atom is -0.379 e. The number of hydrogen-bond donors (Lipinski definition) is 1. The van der Waals surface area contributed by atoms with Gasteiger partial charge >= 0.3 is 0 Å². The van der Waals surface area contributed by atoms with Gasteiger partial charge in [-0.25, -0.2) is 0 Å². The van der Waals surface area contributed by atoms with Gasteiger partial charge in [0.05, 0.1) is 6.61 Å². The van der Waals surface area contributed by atoms with Crippen molar-refractivity contribution in [2.24, 2.45) is 5.73 Å². The van der Waals surface area contributed by atoms with Crippen molar-refractivity contribution in [2.45, 2.75) is 50.1 Å². The molecule has 0 spiro atoms. The highest BCUT2D eigenvalue weighted by Gasteiger charge is 2.38. The molecular weight excluding hydrogens is 216 g/mol. The van der Waals surface area contributed by atoms with E-state index >= 15 is 0 Å². The molecule has 0 bridgehead atoms. The quantitative estimate of drug-likeness (QED) is 0.842. The lowest BCUT2D eigenvalue weighted by atomic mass is 9.93. The summed E-state index contributed by atoms with van der Waals surface area (Å²) in [5.74, 6) is 0.918. The van der Waals surface area contributed by atoms with Crippen LogP contribution >= 0.6 is 0 Å². The summed E-state index contributed by atoms with van der Waals surface area (Å²) in [7, 11) is 0. The van der Waals surface area contributed by atoms with Gasteiger partial charge in [-0.15, -0.1) is 10.2 Å². The van der Waals surface area contributed by atoms with Gasteiger partial charge in [0.1, 0.15) is 11.9 Å². The highest BCUT2D eigenvalue weighted by atomic mass is 16.5. The van der Waals surface area contributed by atoms with E-state index < -0.39 is 5.54 Å². The molecule has 1 aliphatic heterocycles. The number of aromatic nitrogens is 3. The molecule has 1 atom stereocenters. The Morgan fingerprint density at radius 3 is 2.88 bits per heavy atom. The summed E-state index contributed by atoms with van der Waals surface area (Å²) in [6.45, 7) is 1.30. The van der Waals surface area contributed by atoms with Crippen molar-refractivity contribution in [3.63, 3.8) is 0 Å². The number of ether oxygens (including phenoxy) is 1. The summed E-state index contributed by atoms with van der Waals surface area (Å²) in [5.41, 5.74) is 5.96. The third-order valence-electron chi connectivity index (χ3n) is 4.04. The molecule has 2 fully saturated rings. The van der Waals surface area contributed by atoms with E-state index in [2.05, 4.69) is 14.8 Å². The van der Waals surface area contributed by atoms with E-state index in [-0.39, 0.29) is 0 Å². The van der Waals surface area contributed by atoms with Gasteiger partial charge in [-0.2, -0.15) is 0 Å². The first-order valence-electron chi connectivity index (χ1n) is 6.56. The van der Waals surface area contributed by atoms with Crippen LogP contribution in [0.2, 0.25) is 0 Å². The summed E-state index contributed by atoms with van der Waals surface area (Å²) in [4.78, 5) is 0. The molecule has 1 aromatic rings. The van der Waals surface area contributed by atoms with Gasteiger partial charge in [0.2, 0.25) is 0 Å². The predicted octanol–water partition coefficient (Wildman–Crippen LogP) is 1.36. The normalized spacial score (nSPS) is 30.9. The van der Waals surface area contributed by atoms with E-state index in [4.69, 9.17) is 10.5 Å². The molecule has 2 N–H and O–H groups in total. The fourth-order valence-corrected chi connectivity index (χ4v) is 2.98. The third kappa shape index (κ3) is 1.98. The van der Waals surface area contributed by atoms with Gasteiger partial charge in [-0.3, -0.25) is 0 Å². The summed E-state index contributed by atoms with van der Waals surface area (Å²) in [6.07, 6.45) is 9.10. The molecule has 0 aromatic carbocycles. The Bertz CT molecular complexity index is 378. The molecule has 17 heavy (non-hydrogen) atoms. The van der Waals surface area contributed by atoms with E-state index in [1.807, 2.05) is 6.33 Å². The zero-order chi connectivity index (χ0) is 11.7. The first-order valence-corrected chi connectivity index (χ1v) is 6.56. The Kier molecular flexibility index (Phi) is 2.88. The lowest BCUT2D eigenvalue weighted by Crippen LogP contribution is -2.40. The Hall–Kier alpha value is -0.940. The lowest BCUT2D eigenvalue weighted by molar-refractivity contribution is 0.173. The largest absolute Gasteiger partial charge is 0.379 e. The summed E-state index contributed by atoms with van der Waals surface area (Å²) < 4.78 is 7.62. The number of nitrogens with zero attached hydrogens (tertiary/aromatic N) is 3. The average molecular weight is 236 g/mol. The topological polar surface area (TPSA) is 66.0 Å². The van der Waals surface area contributed by atoms with Crippen LogP contribution in [0.3, 0.4) is 0 Å². The van der Waals surface area contributed by atoms with Crippen molar-refractivity contribution in [2.75, 3.05) is 13.2 Å². The van der Waals surface area contributed by atoms with Crippen LogP contribution in [0.4, 0.5) is 0 Å². The smallest absolute Gasteiger partial charge is 0.155 e. The molecule has 2 heterocycles. The number of nitrogens with two attached hydrogens (primary N) is 1. The molecule has 1 aliphatic carbocycles. The van der Waals surface area contributed by atoms with Crippen LogP contribution in [-0.2, 0) is 10.3 Å². The Balaban J connectivity index is 1.87. The van der Waals surface area contributed by atoms with Crippen molar-refractivity contribution in [3.05, 3.63) is 12.2 Å². The molecular formula is C12H20N4O. The van der Waals surface area contributed by atoms with Crippen molar-refractivity contribution < 1.29 is 4.74 Å². The molecule has 0 amide bonds. The second kappa shape index (κ2) is 4.38. The van der Waals surface area contributed by atoms with E-state index in [0.717, 1.165) is 18.9 Å². The summed E-state index contributed by atoms with van der Waals surface area (Å²) in [6, 6.07) is 0.537. The molecule has 1 saturated carbocycles. The van der Waals surface area contributed by atoms with Crippen LogP contribution in [-0.4, -0.2) is 28.0 Å². The maximum absolute atomic E-state index is 6.38. The standard InChI is InChI=1S/C12H20N4O/c13-12(6-7-17-8-12)11-15-14-9-16(11)10-4-2-1-3-5-10/h9-10H,1-8,13H2. The molecule has 0 radical (unpaired) electrons. The maximum Gasteiger partial charge on any atom is 0.155 e. The SMILES string of the molecule is NC1(c2nncn2C2CCCCC2)CCOC1. The number of rotatable bonds is 2. The monoisotopic (exact) mass is 236 g/mol. The van der Waals surface area contributed by atoms with Crippen molar-refractivity contribution in [1.82, 2.24) is 14.8 Å². The third-order valence-corrected chi connectivity index (χ3v) is 4.04. The zero-order valence-electron chi connectivity index (χ0n) is 10.1.